The van der Waals surface area contributed by atoms with Crippen LogP contribution in [0.3, 0.4) is 0 Å². The number of hydrogen-bond acceptors (Lipinski definition) is 3. The largest absolute Gasteiger partial charge is 0.398 e. The molecule has 0 aliphatic rings. The number of anilines is 1. The molecule has 0 bridgehead atoms. The van der Waals surface area contributed by atoms with Gasteiger partial charge >= 0.3 is 0 Å². The van der Waals surface area contributed by atoms with E-state index in [1.807, 2.05) is 29.2 Å². The normalized spacial score (nSPS) is 10.5. The number of carbonyl (C=O) groups excluding carboxylic acids is 1. The van der Waals surface area contributed by atoms with Crippen LogP contribution in [-0.4, -0.2) is 27.1 Å². The molecule has 106 valence electrons. The summed E-state index contributed by atoms with van der Waals surface area (Å²) in [5.41, 5.74) is 8.25. The van der Waals surface area contributed by atoms with E-state index in [9.17, 15) is 4.79 Å². The molecule has 2 rings (SSSR count). The Kier molecular flexibility index (Phi) is 4.40. The Morgan fingerprint density at radius 3 is 2.75 bits per heavy atom. The van der Waals surface area contributed by atoms with Crippen LogP contribution in [0.1, 0.15) is 29.3 Å². The van der Waals surface area contributed by atoms with E-state index >= 15 is 0 Å². The summed E-state index contributed by atoms with van der Waals surface area (Å²) in [5.74, 6) is -0.0109. The zero-order chi connectivity index (χ0) is 14.5. The van der Waals surface area contributed by atoms with Crippen molar-refractivity contribution in [1.29, 1.82) is 0 Å². The minimum atomic E-state index is -0.0109. The van der Waals surface area contributed by atoms with Gasteiger partial charge in [-0.25, -0.2) is 0 Å². The Hall–Kier alpha value is -2.30. The Morgan fingerprint density at radius 1 is 1.40 bits per heavy atom. The van der Waals surface area contributed by atoms with Crippen LogP contribution in [0.5, 0.6) is 0 Å². The molecule has 0 saturated heterocycles. The van der Waals surface area contributed by atoms with E-state index in [0.717, 1.165) is 12.0 Å². The van der Waals surface area contributed by atoms with Crippen molar-refractivity contribution in [3.05, 3.63) is 47.8 Å². The van der Waals surface area contributed by atoms with Crippen LogP contribution in [0.2, 0.25) is 0 Å². The highest BCUT2D eigenvalue weighted by molar-refractivity contribution is 5.93. The maximum Gasteiger partial charge on any atom is 0.257 e. The van der Waals surface area contributed by atoms with Gasteiger partial charge in [0.25, 0.3) is 5.91 Å². The first-order chi connectivity index (χ1) is 9.61. The first kappa shape index (κ1) is 14.1. The fraction of sp³-hybridized carbons (Fsp3) is 0.333. The van der Waals surface area contributed by atoms with Gasteiger partial charge in [0.2, 0.25) is 0 Å². The molecule has 1 heterocycles. The average Bonchev–Trinajstić information content (AvgIpc) is 2.86. The lowest BCUT2D eigenvalue weighted by Gasteiger charge is -2.22. The second-order valence-corrected chi connectivity index (χ2v) is 4.83. The lowest BCUT2D eigenvalue weighted by atomic mass is 10.1. The van der Waals surface area contributed by atoms with Gasteiger partial charge in [0.15, 0.2) is 0 Å². The quantitative estimate of drug-likeness (QED) is 0.847. The minimum Gasteiger partial charge on any atom is -0.398 e. The number of benzene rings is 1. The van der Waals surface area contributed by atoms with Crippen molar-refractivity contribution in [3.63, 3.8) is 0 Å². The third-order valence-electron chi connectivity index (χ3n) is 3.15. The topological polar surface area (TPSA) is 64.2 Å². The van der Waals surface area contributed by atoms with Gasteiger partial charge in [-0.15, -0.1) is 0 Å². The summed E-state index contributed by atoms with van der Waals surface area (Å²) in [5, 5.41) is 4.05. The van der Waals surface area contributed by atoms with E-state index in [1.54, 1.807) is 24.1 Å². The number of rotatable bonds is 5. The number of para-hydroxylation sites is 1. The summed E-state index contributed by atoms with van der Waals surface area (Å²) >= 11 is 0. The van der Waals surface area contributed by atoms with Crippen LogP contribution in [-0.2, 0) is 13.6 Å². The van der Waals surface area contributed by atoms with Crippen LogP contribution >= 0.6 is 0 Å². The number of carbonyl (C=O) groups is 1. The Labute approximate surface area is 119 Å². The summed E-state index contributed by atoms with van der Waals surface area (Å²) in [6.45, 7) is 3.27. The lowest BCUT2D eigenvalue weighted by molar-refractivity contribution is 0.0743. The second-order valence-electron chi connectivity index (χ2n) is 4.83. The Morgan fingerprint density at radius 2 is 2.15 bits per heavy atom. The van der Waals surface area contributed by atoms with Gasteiger partial charge in [0.05, 0.1) is 11.8 Å². The van der Waals surface area contributed by atoms with Gasteiger partial charge in [-0.2, -0.15) is 5.10 Å². The third kappa shape index (κ3) is 3.17. The number of nitrogens with two attached hydrogens (primary N) is 1. The monoisotopic (exact) mass is 272 g/mol. The molecular formula is C15H20N4O. The van der Waals surface area contributed by atoms with Gasteiger partial charge in [-0.3, -0.25) is 9.48 Å². The van der Waals surface area contributed by atoms with E-state index < -0.39 is 0 Å². The summed E-state index contributed by atoms with van der Waals surface area (Å²) < 4.78 is 1.63. The summed E-state index contributed by atoms with van der Waals surface area (Å²) in [4.78, 5) is 14.3. The number of nitrogens with zero attached hydrogens (tertiary/aromatic N) is 3. The van der Waals surface area contributed by atoms with E-state index in [-0.39, 0.29) is 5.91 Å². The molecule has 0 aliphatic carbocycles. The molecule has 0 radical (unpaired) electrons. The summed E-state index contributed by atoms with van der Waals surface area (Å²) in [6.07, 6.45) is 4.23. The summed E-state index contributed by atoms with van der Waals surface area (Å²) in [6, 6.07) is 7.64. The van der Waals surface area contributed by atoms with Gasteiger partial charge in [-0.1, -0.05) is 25.1 Å². The second kappa shape index (κ2) is 6.23. The minimum absolute atomic E-state index is 0.0109. The van der Waals surface area contributed by atoms with Gasteiger partial charge in [0, 0.05) is 32.0 Å². The van der Waals surface area contributed by atoms with Gasteiger partial charge < -0.3 is 10.6 Å². The van der Waals surface area contributed by atoms with Crippen LogP contribution in [0.15, 0.2) is 36.7 Å². The van der Waals surface area contributed by atoms with E-state index in [0.29, 0.717) is 24.3 Å². The maximum absolute atomic E-state index is 12.5. The van der Waals surface area contributed by atoms with E-state index in [1.165, 1.54) is 0 Å². The van der Waals surface area contributed by atoms with E-state index in [2.05, 4.69) is 12.0 Å². The molecule has 2 N–H and O–H groups in total. The molecule has 1 amide bonds. The molecule has 0 atom stereocenters. The van der Waals surface area contributed by atoms with E-state index in [4.69, 9.17) is 5.73 Å². The molecule has 0 fully saturated rings. The van der Waals surface area contributed by atoms with Crippen LogP contribution in [0, 0.1) is 0 Å². The number of aryl methyl sites for hydroxylation is 1. The zero-order valence-corrected chi connectivity index (χ0v) is 11.9. The molecule has 1 aromatic carbocycles. The van der Waals surface area contributed by atoms with Crippen molar-refractivity contribution in [3.8, 4) is 0 Å². The van der Waals surface area contributed by atoms with Crippen molar-refractivity contribution < 1.29 is 4.79 Å². The SMILES string of the molecule is CCCN(Cc1ccccc1N)C(=O)c1cnn(C)c1. The third-order valence-corrected chi connectivity index (χ3v) is 3.15. The fourth-order valence-electron chi connectivity index (χ4n) is 2.12. The fourth-order valence-corrected chi connectivity index (χ4v) is 2.12. The standard InChI is InChI=1S/C15H20N4O/c1-3-8-19(11-12-6-4-5-7-14(12)16)15(20)13-9-17-18(2)10-13/h4-7,9-10H,3,8,11,16H2,1-2H3. The number of amides is 1. The first-order valence-electron chi connectivity index (χ1n) is 6.73. The molecule has 2 aromatic rings. The van der Waals surface area contributed by atoms with Gasteiger partial charge in [0.1, 0.15) is 0 Å². The molecule has 0 saturated carbocycles. The number of hydrogen-bond donors (Lipinski definition) is 1. The van der Waals surface area contributed by atoms with Crippen molar-refractivity contribution >= 4 is 11.6 Å². The smallest absolute Gasteiger partial charge is 0.257 e. The molecule has 1 aromatic heterocycles. The molecule has 0 spiro atoms. The number of aromatic nitrogens is 2. The molecule has 0 aliphatic heterocycles. The Balaban J connectivity index is 2.19. The van der Waals surface area contributed by atoms with Crippen molar-refractivity contribution in [2.75, 3.05) is 12.3 Å². The van der Waals surface area contributed by atoms with Crippen LogP contribution < -0.4 is 5.73 Å². The number of nitrogen functional groups attached to an aromatic ring is 1. The maximum atomic E-state index is 12.5. The Bertz CT molecular complexity index is 591. The predicted octanol–water partition coefficient (Wildman–Crippen LogP) is 2.05. The highest BCUT2D eigenvalue weighted by Crippen LogP contribution is 2.15. The molecule has 20 heavy (non-hydrogen) atoms. The molecule has 5 nitrogen and oxygen atoms in total. The van der Waals surface area contributed by atoms with Crippen molar-refractivity contribution in [2.24, 2.45) is 7.05 Å². The molecule has 0 unspecified atom stereocenters. The van der Waals surface area contributed by atoms with Gasteiger partial charge in [-0.05, 0) is 18.1 Å². The lowest BCUT2D eigenvalue weighted by Crippen LogP contribution is -2.31. The average molecular weight is 272 g/mol. The predicted molar refractivity (Wildman–Crippen MR) is 79.1 cm³/mol. The highest BCUT2D eigenvalue weighted by atomic mass is 16.2. The van der Waals surface area contributed by atoms with Crippen LogP contribution in [0.4, 0.5) is 5.69 Å². The zero-order valence-electron chi connectivity index (χ0n) is 11.9. The first-order valence-corrected chi connectivity index (χ1v) is 6.73. The molecule has 5 heteroatoms. The highest BCUT2D eigenvalue weighted by Gasteiger charge is 2.17. The van der Waals surface area contributed by atoms with Crippen molar-refractivity contribution in [2.45, 2.75) is 19.9 Å². The summed E-state index contributed by atoms with van der Waals surface area (Å²) in [7, 11) is 1.80. The molecular weight excluding hydrogens is 252 g/mol. The van der Waals surface area contributed by atoms with Crippen molar-refractivity contribution in [1.82, 2.24) is 14.7 Å². The van der Waals surface area contributed by atoms with Crippen LogP contribution in [0.25, 0.3) is 0 Å².